The molecule has 0 aliphatic rings. The van der Waals surface area contributed by atoms with Crippen LogP contribution in [-0.2, 0) is 0 Å². The number of rotatable bonds is 5. The maximum atomic E-state index is 12.6. The minimum atomic E-state index is -0.158. The van der Waals surface area contributed by atoms with Crippen molar-refractivity contribution in [1.82, 2.24) is 9.78 Å². The minimum absolute atomic E-state index is 0.158. The zero-order valence-electron chi connectivity index (χ0n) is 14.0. The zero-order valence-corrected chi connectivity index (χ0v) is 14.7. The first-order valence-corrected chi connectivity index (χ1v) is 8.31. The summed E-state index contributed by atoms with van der Waals surface area (Å²) in [4.78, 5) is 17.0. The molecular weight excluding hydrogens is 338 g/mol. The van der Waals surface area contributed by atoms with Gasteiger partial charge in [0.25, 0.3) is 5.56 Å². The van der Waals surface area contributed by atoms with Crippen LogP contribution in [0.5, 0.6) is 5.75 Å². The van der Waals surface area contributed by atoms with Crippen molar-refractivity contribution < 1.29 is 4.74 Å². The second-order valence-electron chi connectivity index (χ2n) is 5.45. The van der Waals surface area contributed by atoms with Crippen molar-refractivity contribution >= 4 is 23.5 Å². The number of benzene rings is 2. The van der Waals surface area contributed by atoms with Gasteiger partial charge in [0.05, 0.1) is 23.5 Å². The molecule has 0 spiro atoms. The van der Waals surface area contributed by atoms with Crippen LogP contribution in [0.1, 0.15) is 18.2 Å². The number of nitrogens with zero attached hydrogens (tertiary/aromatic N) is 2. The Hall–Kier alpha value is -2.79. The molecule has 0 atom stereocenters. The molecule has 2 aromatic carbocycles. The summed E-state index contributed by atoms with van der Waals surface area (Å²) in [7, 11) is 0. The molecule has 25 heavy (non-hydrogen) atoms. The Morgan fingerprint density at radius 1 is 1.16 bits per heavy atom. The molecule has 0 aliphatic carbocycles. The highest BCUT2D eigenvalue weighted by Crippen LogP contribution is 2.18. The molecule has 1 N–H and O–H groups in total. The van der Waals surface area contributed by atoms with E-state index in [1.54, 1.807) is 30.5 Å². The third-order valence-corrected chi connectivity index (χ3v) is 3.94. The van der Waals surface area contributed by atoms with E-state index in [2.05, 4.69) is 10.1 Å². The molecule has 0 aliphatic heterocycles. The fourth-order valence-corrected chi connectivity index (χ4v) is 2.54. The first-order valence-electron chi connectivity index (χ1n) is 7.93. The van der Waals surface area contributed by atoms with Gasteiger partial charge in [0.15, 0.2) is 0 Å². The first kappa shape index (κ1) is 17.0. The van der Waals surface area contributed by atoms with Crippen LogP contribution in [0.25, 0.3) is 5.69 Å². The van der Waals surface area contributed by atoms with Crippen LogP contribution in [0.3, 0.4) is 0 Å². The largest absolute Gasteiger partial charge is 0.494 e. The lowest BCUT2D eigenvalue weighted by atomic mass is 10.2. The molecule has 6 heteroatoms. The highest BCUT2D eigenvalue weighted by molar-refractivity contribution is 6.30. The molecule has 5 nitrogen and oxygen atoms in total. The minimum Gasteiger partial charge on any atom is -0.494 e. The van der Waals surface area contributed by atoms with Gasteiger partial charge in [-0.05, 0) is 62.4 Å². The first-order chi connectivity index (χ1) is 12.1. The second kappa shape index (κ2) is 7.40. The number of aromatic nitrogens is 2. The van der Waals surface area contributed by atoms with Gasteiger partial charge in [0, 0.05) is 16.9 Å². The molecular formula is C19H18ClN3O2. The molecule has 0 radical (unpaired) electrons. The molecule has 3 rings (SSSR count). The molecule has 0 bridgehead atoms. The molecule has 0 saturated heterocycles. The van der Waals surface area contributed by atoms with Gasteiger partial charge < -0.3 is 4.74 Å². The van der Waals surface area contributed by atoms with Gasteiger partial charge in [-0.25, -0.2) is 4.68 Å². The summed E-state index contributed by atoms with van der Waals surface area (Å²) < 4.78 is 6.88. The van der Waals surface area contributed by atoms with Gasteiger partial charge in [-0.1, -0.05) is 11.6 Å². The molecule has 0 fully saturated rings. The lowest BCUT2D eigenvalue weighted by molar-refractivity contribution is 0.340. The Morgan fingerprint density at radius 2 is 1.84 bits per heavy atom. The number of halogens is 1. The van der Waals surface area contributed by atoms with Crippen molar-refractivity contribution in [2.75, 3.05) is 6.61 Å². The molecule has 0 unspecified atom stereocenters. The number of hydrogen-bond donors (Lipinski definition) is 1. The average Bonchev–Trinajstić information content (AvgIpc) is 2.90. The second-order valence-corrected chi connectivity index (χ2v) is 5.89. The van der Waals surface area contributed by atoms with Crippen molar-refractivity contribution in [3.63, 3.8) is 0 Å². The van der Waals surface area contributed by atoms with Gasteiger partial charge in [0.1, 0.15) is 5.75 Å². The molecule has 1 heterocycles. The number of aryl methyl sites for hydroxylation is 1. The Morgan fingerprint density at radius 3 is 2.48 bits per heavy atom. The van der Waals surface area contributed by atoms with Crippen molar-refractivity contribution in [3.8, 4) is 11.4 Å². The summed E-state index contributed by atoms with van der Waals surface area (Å²) in [6.07, 6.45) is 1.58. The van der Waals surface area contributed by atoms with Crippen LogP contribution in [-0.4, -0.2) is 22.6 Å². The summed E-state index contributed by atoms with van der Waals surface area (Å²) in [5, 5.41) is 3.68. The average molecular weight is 356 g/mol. The van der Waals surface area contributed by atoms with Crippen molar-refractivity contribution in [2.45, 2.75) is 13.8 Å². The molecule has 3 aromatic rings. The monoisotopic (exact) mass is 355 g/mol. The number of aliphatic imine (C=N–C) groups is 1. The Balaban J connectivity index is 1.88. The van der Waals surface area contributed by atoms with Crippen LogP contribution < -0.4 is 10.3 Å². The number of H-pyrrole nitrogens is 1. The summed E-state index contributed by atoms with van der Waals surface area (Å²) in [5.74, 6) is 0.796. The van der Waals surface area contributed by atoms with Crippen molar-refractivity contribution in [3.05, 3.63) is 75.2 Å². The smallest absolute Gasteiger partial charge is 0.280 e. The Labute approximate surface area is 150 Å². The van der Waals surface area contributed by atoms with E-state index in [0.717, 1.165) is 22.8 Å². The van der Waals surface area contributed by atoms with Gasteiger partial charge in [0.2, 0.25) is 0 Å². The number of ether oxygens (including phenoxy) is 1. The number of nitrogens with one attached hydrogen (secondary N) is 1. The van der Waals surface area contributed by atoms with E-state index in [-0.39, 0.29) is 5.56 Å². The van der Waals surface area contributed by atoms with E-state index in [1.807, 2.05) is 38.1 Å². The predicted octanol–water partition coefficient (Wildman–Crippen LogP) is 4.28. The molecule has 0 saturated carbocycles. The maximum absolute atomic E-state index is 12.6. The van der Waals surface area contributed by atoms with Crippen LogP contribution in [0.2, 0.25) is 5.02 Å². The SMILES string of the molecule is CCOc1ccc(N=Cc2c(C)[nH]n(-c3ccc(Cl)cc3)c2=O)cc1. The summed E-state index contributed by atoms with van der Waals surface area (Å²) >= 11 is 5.90. The summed E-state index contributed by atoms with van der Waals surface area (Å²) in [6, 6.07) is 14.5. The quantitative estimate of drug-likeness (QED) is 0.694. The van der Waals surface area contributed by atoms with E-state index in [0.29, 0.717) is 17.2 Å². The molecule has 0 amide bonds. The van der Waals surface area contributed by atoms with Gasteiger partial charge in [-0.3, -0.25) is 14.9 Å². The van der Waals surface area contributed by atoms with E-state index in [9.17, 15) is 4.79 Å². The van der Waals surface area contributed by atoms with Gasteiger partial charge in [-0.2, -0.15) is 0 Å². The summed E-state index contributed by atoms with van der Waals surface area (Å²) in [5.41, 5.74) is 2.58. The standard InChI is InChI=1S/C19H18ClN3O2/c1-3-25-17-10-6-15(7-11-17)21-12-18-13(2)22-23(19(18)24)16-8-4-14(20)5-9-16/h4-12,22H,3H2,1-2H3. The van der Waals surface area contributed by atoms with Crippen LogP contribution in [0.15, 0.2) is 58.3 Å². The highest BCUT2D eigenvalue weighted by atomic mass is 35.5. The zero-order chi connectivity index (χ0) is 17.8. The third-order valence-electron chi connectivity index (χ3n) is 3.69. The van der Waals surface area contributed by atoms with E-state index >= 15 is 0 Å². The molecule has 128 valence electrons. The van der Waals surface area contributed by atoms with Crippen LogP contribution in [0.4, 0.5) is 5.69 Å². The summed E-state index contributed by atoms with van der Waals surface area (Å²) in [6.45, 7) is 4.40. The lowest BCUT2D eigenvalue weighted by Gasteiger charge is -2.01. The number of hydrogen-bond acceptors (Lipinski definition) is 3. The Bertz CT molecular complexity index is 938. The number of aromatic amines is 1. The third kappa shape index (κ3) is 3.83. The highest BCUT2D eigenvalue weighted by Gasteiger charge is 2.10. The van der Waals surface area contributed by atoms with Gasteiger partial charge >= 0.3 is 0 Å². The van der Waals surface area contributed by atoms with E-state index < -0.39 is 0 Å². The van der Waals surface area contributed by atoms with E-state index in [1.165, 1.54) is 4.68 Å². The van der Waals surface area contributed by atoms with E-state index in [4.69, 9.17) is 16.3 Å². The van der Waals surface area contributed by atoms with Crippen LogP contribution >= 0.6 is 11.6 Å². The fourth-order valence-electron chi connectivity index (χ4n) is 2.42. The fraction of sp³-hybridized carbons (Fsp3) is 0.158. The molecule has 1 aromatic heterocycles. The topological polar surface area (TPSA) is 59.4 Å². The van der Waals surface area contributed by atoms with Gasteiger partial charge in [-0.15, -0.1) is 0 Å². The normalized spacial score (nSPS) is 11.2. The predicted molar refractivity (Wildman–Crippen MR) is 101 cm³/mol. The lowest BCUT2D eigenvalue weighted by Crippen LogP contribution is -2.17. The Kier molecular flexibility index (Phi) is 5.05. The maximum Gasteiger partial charge on any atom is 0.280 e. The van der Waals surface area contributed by atoms with Crippen molar-refractivity contribution in [1.29, 1.82) is 0 Å². The van der Waals surface area contributed by atoms with Crippen LogP contribution in [0, 0.1) is 6.92 Å². The van der Waals surface area contributed by atoms with Crippen molar-refractivity contribution in [2.24, 2.45) is 4.99 Å².